The van der Waals surface area contributed by atoms with Crippen LogP contribution in [0.25, 0.3) is 0 Å². The number of carbonyl (C=O) groups is 2. The second kappa shape index (κ2) is 6.63. The maximum absolute atomic E-state index is 12.4. The molecule has 1 amide bonds. The number of nitrogens with one attached hydrogen (secondary N) is 1. The van der Waals surface area contributed by atoms with Crippen molar-refractivity contribution >= 4 is 58.3 Å². The fraction of sp³-hybridized carbons (Fsp3) is 0.375. The summed E-state index contributed by atoms with van der Waals surface area (Å²) < 4.78 is 6.82. The Morgan fingerprint density at radius 1 is 1.20 bits per heavy atom. The van der Waals surface area contributed by atoms with Gasteiger partial charge in [0.05, 0.1) is 6.54 Å². The van der Waals surface area contributed by atoms with Gasteiger partial charge >= 0.3 is 6.09 Å². The smallest absolute Gasteiger partial charge is 0.407 e. The van der Waals surface area contributed by atoms with Crippen molar-refractivity contribution in [3.05, 3.63) is 48.0 Å². The molecule has 0 radical (unpaired) electrons. The lowest BCUT2D eigenvalue weighted by atomic mass is 9.93. The van der Waals surface area contributed by atoms with Gasteiger partial charge in [-0.25, -0.2) is 4.79 Å². The highest BCUT2D eigenvalue weighted by atomic mass is 35.5. The van der Waals surface area contributed by atoms with Crippen LogP contribution >= 0.6 is 46.4 Å². The summed E-state index contributed by atoms with van der Waals surface area (Å²) in [6, 6.07) is 9.17. The van der Waals surface area contributed by atoms with Gasteiger partial charge in [0.25, 0.3) is 0 Å². The van der Waals surface area contributed by atoms with Crippen molar-refractivity contribution in [3.8, 4) is 0 Å². The number of benzene rings is 1. The number of Topliss-reactive ketones (excluding diaryl/α,β-unsaturated/α-hetero) is 1. The number of hydrogen-bond donors (Lipinski definition) is 1. The summed E-state index contributed by atoms with van der Waals surface area (Å²) in [4.78, 5) is 24.3. The molecule has 1 N–H and O–H groups in total. The van der Waals surface area contributed by atoms with Gasteiger partial charge in [-0.15, -0.1) is 0 Å². The lowest BCUT2D eigenvalue weighted by Gasteiger charge is -2.45. The van der Waals surface area contributed by atoms with E-state index in [2.05, 4.69) is 5.32 Å². The van der Waals surface area contributed by atoms with Crippen LogP contribution in [0.5, 0.6) is 0 Å². The van der Waals surface area contributed by atoms with E-state index in [9.17, 15) is 9.59 Å². The Morgan fingerprint density at radius 2 is 1.88 bits per heavy atom. The zero-order valence-corrected chi connectivity index (χ0v) is 15.7. The van der Waals surface area contributed by atoms with Crippen molar-refractivity contribution in [2.45, 2.75) is 27.0 Å². The summed E-state index contributed by atoms with van der Waals surface area (Å²) in [7, 11) is 0. The van der Waals surface area contributed by atoms with E-state index < -0.39 is 32.2 Å². The lowest BCUT2D eigenvalue weighted by Crippen LogP contribution is -2.66. The molecule has 3 rings (SSSR count). The third-order valence-corrected chi connectivity index (χ3v) is 5.82. The molecule has 2 aliphatic heterocycles. The highest BCUT2D eigenvalue weighted by molar-refractivity contribution is 6.70. The van der Waals surface area contributed by atoms with E-state index in [-0.39, 0.29) is 13.2 Å². The molecule has 0 saturated carbocycles. The predicted octanol–water partition coefficient (Wildman–Crippen LogP) is 3.54. The highest BCUT2D eigenvalue weighted by Crippen LogP contribution is 2.54. The summed E-state index contributed by atoms with van der Waals surface area (Å²) in [6.07, 6.45) is 1.38. The number of carbonyl (C=O) groups excluding carboxylic acids is 2. The molecule has 1 aromatic carbocycles. The van der Waals surface area contributed by atoms with Gasteiger partial charge in [-0.2, -0.15) is 0 Å². The Bertz CT molecular complexity index is 722. The molecule has 2 aliphatic rings. The molecule has 9 heteroatoms. The van der Waals surface area contributed by atoms with E-state index in [1.165, 1.54) is 12.2 Å². The second-order valence-corrected chi connectivity index (χ2v) is 8.44. The van der Waals surface area contributed by atoms with Gasteiger partial charge in [-0.1, -0.05) is 82.8 Å². The van der Waals surface area contributed by atoms with Crippen LogP contribution < -0.4 is 5.32 Å². The van der Waals surface area contributed by atoms with Gasteiger partial charge in [0, 0.05) is 0 Å². The first-order valence-electron chi connectivity index (χ1n) is 7.31. The zero-order valence-electron chi connectivity index (χ0n) is 12.7. The van der Waals surface area contributed by atoms with Crippen molar-refractivity contribution in [2.75, 3.05) is 6.54 Å². The van der Waals surface area contributed by atoms with Crippen LogP contribution in [-0.2, 0) is 20.9 Å². The quantitative estimate of drug-likeness (QED) is 0.593. The number of ether oxygens (including phenoxy) is 2. The molecule has 1 saturated heterocycles. The average Bonchev–Trinajstić information content (AvgIpc) is 3.03. The molecule has 1 aromatic rings. The van der Waals surface area contributed by atoms with Crippen molar-refractivity contribution < 1.29 is 19.1 Å². The van der Waals surface area contributed by atoms with Crippen molar-refractivity contribution in [3.63, 3.8) is 0 Å². The average molecular weight is 425 g/mol. The van der Waals surface area contributed by atoms with E-state index in [0.29, 0.717) is 0 Å². The SMILES string of the molecule is O=C(NC[C@]12C=C[C@H](O1)C(Cl)(Cl)C(=O)C2(Cl)Cl)OCc1ccccc1. The Balaban J connectivity index is 1.64. The number of alkyl halides is 4. The number of amides is 1. The normalized spacial score (nSPS) is 28.6. The maximum Gasteiger partial charge on any atom is 0.407 e. The minimum Gasteiger partial charge on any atom is -0.445 e. The van der Waals surface area contributed by atoms with Crippen LogP contribution in [0.3, 0.4) is 0 Å². The van der Waals surface area contributed by atoms with Crippen LogP contribution in [-0.4, -0.2) is 38.8 Å². The number of halogens is 4. The lowest BCUT2D eigenvalue weighted by molar-refractivity contribution is -0.140. The van der Waals surface area contributed by atoms with Gasteiger partial charge in [0.1, 0.15) is 18.3 Å². The molecule has 0 aliphatic carbocycles. The third kappa shape index (κ3) is 3.24. The highest BCUT2D eigenvalue weighted by Gasteiger charge is 2.69. The zero-order chi connectivity index (χ0) is 18.3. The van der Waals surface area contributed by atoms with E-state index in [4.69, 9.17) is 55.9 Å². The Kier molecular flexibility index (Phi) is 4.99. The monoisotopic (exact) mass is 423 g/mol. The molecule has 2 heterocycles. The van der Waals surface area contributed by atoms with Crippen molar-refractivity contribution in [1.29, 1.82) is 0 Å². The minimum atomic E-state index is -2.06. The summed E-state index contributed by atoms with van der Waals surface area (Å²) in [5.41, 5.74) is -0.643. The van der Waals surface area contributed by atoms with E-state index in [1.54, 1.807) is 0 Å². The maximum atomic E-state index is 12.4. The molecule has 134 valence electrons. The van der Waals surface area contributed by atoms with Crippen LogP contribution in [0.2, 0.25) is 0 Å². The number of rotatable bonds is 4. The number of hydrogen-bond acceptors (Lipinski definition) is 4. The number of fused-ring (bicyclic) bond motifs is 2. The molecule has 0 aromatic heterocycles. The molecular formula is C16H13Cl4NO4. The van der Waals surface area contributed by atoms with Crippen molar-refractivity contribution in [1.82, 2.24) is 5.32 Å². The third-order valence-electron chi connectivity index (χ3n) is 4.06. The molecular weight excluding hydrogens is 412 g/mol. The molecule has 0 spiro atoms. The first-order valence-corrected chi connectivity index (χ1v) is 8.82. The number of ketones is 1. The standard InChI is InChI=1S/C16H13Cl4NO4/c17-15(18)11-6-7-14(25-11,16(19,20)12(15)22)9-21-13(23)24-8-10-4-2-1-3-5-10/h1-7,11H,8-9H2,(H,21,23)/t11-,14-/m0/s1. The topological polar surface area (TPSA) is 64.6 Å². The summed E-state index contributed by atoms with van der Waals surface area (Å²) >= 11 is 24.4. The van der Waals surface area contributed by atoms with Crippen LogP contribution in [0.4, 0.5) is 4.79 Å². The van der Waals surface area contributed by atoms with Crippen LogP contribution in [0, 0.1) is 0 Å². The number of alkyl carbamates (subject to hydrolysis) is 1. The fourth-order valence-corrected chi connectivity index (χ4v) is 4.00. The van der Waals surface area contributed by atoms with Gasteiger partial charge in [0.2, 0.25) is 14.4 Å². The van der Waals surface area contributed by atoms with Crippen LogP contribution in [0.1, 0.15) is 5.56 Å². The molecule has 2 atom stereocenters. The van der Waals surface area contributed by atoms with E-state index in [1.807, 2.05) is 30.3 Å². The molecule has 0 unspecified atom stereocenters. The van der Waals surface area contributed by atoms with Crippen LogP contribution in [0.15, 0.2) is 42.5 Å². The fourth-order valence-electron chi connectivity index (χ4n) is 2.64. The molecule has 2 bridgehead atoms. The van der Waals surface area contributed by atoms with E-state index >= 15 is 0 Å². The first-order chi connectivity index (χ1) is 11.7. The van der Waals surface area contributed by atoms with Gasteiger partial charge in [-0.3, -0.25) is 4.79 Å². The first kappa shape index (κ1) is 18.8. The molecule has 1 fully saturated rings. The predicted molar refractivity (Wildman–Crippen MR) is 95.3 cm³/mol. The van der Waals surface area contributed by atoms with Crippen molar-refractivity contribution in [2.24, 2.45) is 0 Å². The Morgan fingerprint density at radius 3 is 2.56 bits per heavy atom. The largest absolute Gasteiger partial charge is 0.445 e. The second-order valence-electron chi connectivity index (χ2n) is 5.73. The van der Waals surface area contributed by atoms with E-state index in [0.717, 1.165) is 5.56 Å². The van der Waals surface area contributed by atoms with Gasteiger partial charge < -0.3 is 14.8 Å². The minimum absolute atomic E-state index is 0.0945. The Hall–Kier alpha value is -0.980. The summed E-state index contributed by atoms with van der Waals surface area (Å²) in [5, 5.41) is 2.50. The Labute approximate surface area is 164 Å². The molecule has 25 heavy (non-hydrogen) atoms. The summed E-state index contributed by atoms with van der Waals surface area (Å²) in [5.74, 6) is -0.799. The van der Waals surface area contributed by atoms with Gasteiger partial charge in [0.15, 0.2) is 0 Å². The van der Waals surface area contributed by atoms with Gasteiger partial charge in [-0.05, 0) is 11.6 Å². The molecule has 5 nitrogen and oxygen atoms in total. The summed E-state index contributed by atoms with van der Waals surface area (Å²) in [6.45, 7) is -0.0898.